The van der Waals surface area contributed by atoms with Crippen LogP contribution in [0.5, 0.6) is 0 Å². The van der Waals surface area contributed by atoms with E-state index in [2.05, 4.69) is 209 Å². The van der Waals surface area contributed by atoms with Gasteiger partial charge in [-0.15, -0.1) is 47.0 Å². The smallest absolute Gasteiger partial charge is 0.0906 e. The summed E-state index contributed by atoms with van der Waals surface area (Å²) in [6, 6.07) is 53.9. The maximum absolute atomic E-state index is 2.79. The summed E-state index contributed by atoms with van der Waals surface area (Å²) in [4.78, 5) is 5.49. The van der Waals surface area contributed by atoms with Crippen molar-refractivity contribution in [2.24, 2.45) is 0 Å². The number of thioether (sulfide) groups is 4. The molecule has 0 saturated heterocycles. The van der Waals surface area contributed by atoms with Crippen LogP contribution in [0.3, 0.4) is 0 Å². The molecule has 0 unspecified atom stereocenters. The van der Waals surface area contributed by atoms with E-state index in [4.69, 9.17) is 0 Å². The Kier molecular flexibility index (Phi) is 15.8. The Morgan fingerprint density at radius 1 is 0.352 bits per heavy atom. The fraction of sp³-hybridized carbons (Fsp3) is 0.261. The molecule has 0 N–H and O–H groups in total. The monoisotopic (exact) mass is 850 g/mol. The van der Waals surface area contributed by atoms with Gasteiger partial charge in [-0.1, -0.05) is 171 Å². The minimum atomic E-state index is -1.84. The molecule has 54 heavy (non-hydrogen) atoms. The number of hydrogen-bond donors (Lipinski definition) is 0. The van der Waals surface area contributed by atoms with E-state index in [0.717, 1.165) is 0 Å². The molecule has 0 atom stereocenters. The third-order valence-electron chi connectivity index (χ3n) is 9.43. The van der Waals surface area contributed by atoms with Gasteiger partial charge in [0.2, 0.25) is 0 Å². The van der Waals surface area contributed by atoms with E-state index in [0.29, 0.717) is 0 Å². The van der Waals surface area contributed by atoms with Crippen LogP contribution in [0.4, 0.5) is 0 Å². The molecule has 0 aliphatic rings. The standard InChI is InChI=1S/C46H58S4Si4/c1-51(2,35-47-41-21-13-9-14-22-41)33-45(53(5,6)37-49-43-25-17-11-18-26-43)39-29-31-40(32-30-39)46(54(7,8)38-50-44-27-19-12-20-28-44)34-52(3,4)36-48-42-23-15-10-16-24-42/h9-34H,35-38H2,1-8H3/b45-33+,46-34+. The first-order valence-corrected chi connectivity index (χ1v) is 35.9. The second kappa shape index (κ2) is 19.8. The van der Waals surface area contributed by atoms with Gasteiger partial charge < -0.3 is 0 Å². The van der Waals surface area contributed by atoms with Gasteiger partial charge >= 0.3 is 0 Å². The van der Waals surface area contributed by atoms with E-state index in [-0.39, 0.29) is 0 Å². The van der Waals surface area contributed by atoms with Gasteiger partial charge in [-0.05, 0) is 81.2 Å². The highest BCUT2D eigenvalue weighted by atomic mass is 32.2. The van der Waals surface area contributed by atoms with Crippen LogP contribution in [0, 0.1) is 0 Å². The van der Waals surface area contributed by atoms with Crippen molar-refractivity contribution in [2.75, 3.05) is 21.5 Å². The van der Waals surface area contributed by atoms with Crippen molar-refractivity contribution in [3.05, 3.63) is 168 Å². The maximum Gasteiger partial charge on any atom is 0.0906 e. The lowest BCUT2D eigenvalue weighted by atomic mass is 10.1. The van der Waals surface area contributed by atoms with Crippen LogP contribution >= 0.6 is 47.0 Å². The summed E-state index contributed by atoms with van der Waals surface area (Å²) in [6.07, 6.45) is 0. The van der Waals surface area contributed by atoms with Crippen LogP contribution in [0.2, 0.25) is 52.4 Å². The molecule has 0 nitrogen and oxygen atoms in total. The highest BCUT2D eigenvalue weighted by Gasteiger charge is 2.33. The number of hydrogen-bond acceptors (Lipinski definition) is 4. The molecule has 0 fully saturated rings. The van der Waals surface area contributed by atoms with E-state index in [1.165, 1.54) is 52.2 Å². The average molecular weight is 852 g/mol. The largest absolute Gasteiger partial charge is 0.129 e. The fourth-order valence-corrected chi connectivity index (χ4v) is 27.4. The zero-order valence-electron chi connectivity index (χ0n) is 33.5. The maximum atomic E-state index is 2.79. The van der Waals surface area contributed by atoms with E-state index in [1.54, 1.807) is 10.4 Å². The molecule has 282 valence electrons. The predicted molar refractivity (Wildman–Crippen MR) is 261 cm³/mol. The first-order valence-electron chi connectivity index (χ1n) is 19.0. The van der Waals surface area contributed by atoms with Crippen LogP contribution in [0.1, 0.15) is 11.1 Å². The predicted octanol–water partition coefficient (Wildman–Crippen LogP) is 14.8. The van der Waals surface area contributed by atoms with Crippen molar-refractivity contribution >= 4 is 89.7 Å². The zero-order chi connectivity index (χ0) is 38.7. The average Bonchev–Trinajstić information content (AvgIpc) is 3.18. The van der Waals surface area contributed by atoms with Crippen LogP contribution in [0.15, 0.2) is 177 Å². The lowest BCUT2D eigenvalue weighted by Gasteiger charge is -2.32. The third kappa shape index (κ3) is 13.5. The van der Waals surface area contributed by atoms with Crippen LogP contribution in [0.25, 0.3) is 10.4 Å². The molecule has 8 heteroatoms. The molecular weight excluding hydrogens is 793 g/mol. The Morgan fingerprint density at radius 3 is 0.852 bits per heavy atom. The molecule has 0 bridgehead atoms. The summed E-state index contributed by atoms with van der Waals surface area (Å²) >= 11 is 8.14. The molecule has 0 heterocycles. The zero-order valence-corrected chi connectivity index (χ0v) is 40.7. The Labute approximate surface area is 348 Å². The minimum absolute atomic E-state index is 1.17. The van der Waals surface area contributed by atoms with Crippen molar-refractivity contribution in [3.63, 3.8) is 0 Å². The Bertz CT molecular complexity index is 1800. The summed E-state index contributed by atoms with van der Waals surface area (Å²) in [5, 5.41) is 7.98. The SMILES string of the molecule is C[Si](C)(/C=C(\c1ccc(/C(=C\[Si](C)(C)CSc2ccccc2)[Si](C)(C)CSc2ccccc2)cc1)[Si](C)(C)CSc1ccccc1)CSc1ccccc1. The fourth-order valence-electron chi connectivity index (χ4n) is 6.32. The Hall–Kier alpha value is -2.15. The number of rotatable bonds is 18. The van der Waals surface area contributed by atoms with Crippen molar-refractivity contribution in [1.29, 1.82) is 0 Å². The molecule has 0 aliphatic heterocycles. The van der Waals surface area contributed by atoms with E-state index in [1.807, 2.05) is 47.0 Å². The van der Waals surface area contributed by atoms with E-state index < -0.39 is 32.3 Å². The molecular formula is C46H58S4Si4. The van der Waals surface area contributed by atoms with Gasteiger partial charge in [0.25, 0.3) is 0 Å². The van der Waals surface area contributed by atoms with Gasteiger partial charge in [-0.2, -0.15) is 0 Å². The van der Waals surface area contributed by atoms with Gasteiger partial charge in [-0.3, -0.25) is 0 Å². The molecule has 0 amide bonds. The van der Waals surface area contributed by atoms with Gasteiger partial charge in [0.1, 0.15) is 0 Å². The summed E-state index contributed by atoms with van der Waals surface area (Å²) < 4.78 is 0. The van der Waals surface area contributed by atoms with Crippen LogP contribution in [-0.2, 0) is 0 Å². The minimum Gasteiger partial charge on any atom is -0.129 e. The topological polar surface area (TPSA) is 0 Å². The molecule has 0 aromatic heterocycles. The highest BCUT2D eigenvalue weighted by Crippen LogP contribution is 2.38. The molecule has 5 aromatic rings. The van der Waals surface area contributed by atoms with Crippen LogP contribution < -0.4 is 0 Å². The summed E-state index contributed by atoms with van der Waals surface area (Å²) in [5.74, 6) is 0. The molecule has 0 aliphatic carbocycles. The van der Waals surface area contributed by atoms with Crippen molar-refractivity contribution in [3.8, 4) is 0 Å². The van der Waals surface area contributed by atoms with Gasteiger partial charge in [0.15, 0.2) is 0 Å². The van der Waals surface area contributed by atoms with Crippen molar-refractivity contribution < 1.29 is 0 Å². The number of benzene rings is 5. The summed E-state index contributed by atoms with van der Waals surface area (Å²) in [5.41, 5.74) is 8.45. The Balaban J connectivity index is 1.49. The molecule has 0 radical (unpaired) electrons. The van der Waals surface area contributed by atoms with E-state index in [9.17, 15) is 0 Å². The summed E-state index contributed by atoms with van der Waals surface area (Å²) in [7, 11) is -7.10. The first kappa shape index (κ1) is 43.0. The van der Waals surface area contributed by atoms with Gasteiger partial charge in [0, 0.05) is 19.6 Å². The molecule has 5 aromatic carbocycles. The summed E-state index contributed by atoms with van der Waals surface area (Å²) in [6.45, 7) is 20.6. The second-order valence-electron chi connectivity index (χ2n) is 16.8. The van der Waals surface area contributed by atoms with E-state index >= 15 is 0 Å². The van der Waals surface area contributed by atoms with Gasteiger partial charge in [-0.25, -0.2) is 0 Å². The second-order valence-corrected chi connectivity index (χ2v) is 41.6. The Morgan fingerprint density at radius 2 is 0.593 bits per heavy atom. The molecule has 0 saturated carbocycles. The molecule has 5 rings (SSSR count). The quantitative estimate of drug-likeness (QED) is 0.0636. The van der Waals surface area contributed by atoms with Crippen molar-refractivity contribution in [1.82, 2.24) is 0 Å². The first-order chi connectivity index (χ1) is 25.7. The van der Waals surface area contributed by atoms with Crippen molar-refractivity contribution in [2.45, 2.75) is 72.0 Å². The lowest BCUT2D eigenvalue weighted by Crippen LogP contribution is -2.37. The molecule has 0 spiro atoms. The van der Waals surface area contributed by atoms with Gasteiger partial charge in [0.05, 0.1) is 32.3 Å². The normalized spacial score (nSPS) is 13.3. The third-order valence-corrected chi connectivity index (χ3v) is 32.4. The lowest BCUT2D eigenvalue weighted by molar-refractivity contribution is 1.46. The highest BCUT2D eigenvalue weighted by molar-refractivity contribution is 8.02. The van der Waals surface area contributed by atoms with Crippen LogP contribution in [-0.4, -0.2) is 53.8 Å².